The topological polar surface area (TPSA) is 45.5 Å². The van der Waals surface area contributed by atoms with Crippen molar-refractivity contribution >= 4 is 5.71 Å². The van der Waals surface area contributed by atoms with Gasteiger partial charge in [0.05, 0.1) is 5.57 Å². The van der Waals surface area contributed by atoms with Crippen LogP contribution in [0, 0.1) is 0 Å². The molecular formula is C27H32F6N2O. The Kier molecular flexibility index (Phi) is 12.9. The van der Waals surface area contributed by atoms with E-state index in [2.05, 4.69) is 23.1 Å². The molecule has 0 aliphatic heterocycles. The first-order chi connectivity index (χ1) is 16.6. The second kappa shape index (κ2) is 14.3. The second-order valence-electron chi connectivity index (χ2n) is 7.49. The Morgan fingerprint density at radius 2 is 1.64 bits per heavy atom. The van der Waals surface area contributed by atoms with Crippen molar-refractivity contribution in [3.05, 3.63) is 101 Å². The third kappa shape index (κ3) is 9.71. The van der Waals surface area contributed by atoms with Crippen LogP contribution >= 0.6 is 0 Å². The number of alkyl halides is 6. The Balaban J connectivity index is 0.000000686. The van der Waals surface area contributed by atoms with Gasteiger partial charge in [0.1, 0.15) is 5.76 Å². The van der Waals surface area contributed by atoms with Crippen molar-refractivity contribution in [3.63, 3.8) is 0 Å². The molecule has 1 rings (SSSR count). The SMILES string of the molecule is C=C(O)/C(C)=C(/N=C(C)c1cccnc1)C(F)(F)F.C=C/C(C)=C(C(=C\C)/CC)\C(=C/C)C(F)(F)F. The van der Waals surface area contributed by atoms with Gasteiger partial charge in [0.15, 0.2) is 5.70 Å². The molecule has 1 heterocycles. The van der Waals surface area contributed by atoms with Gasteiger partial charge in [0.25, 0.3) is 0 Å². The van der Waals surface area contributed by atoms with Crippen LogP contribution in [-0.2, 0) is 0 Å². The lowest BCUT2D eigenvalue weighted by Crippen LogP contribution is -2.15. The van der Waals surface area contributed by atoms with E-state index in [0.717, 1.165) is 13.0 Å². The fraction of sp³-hybridized carbons (Fsp3) is 0.333. The van der Waals surface area contributed by atoms with Crippen LogP contribution in [0.1, 0.15) is 53.5 Å². The molecule has 0 spiro atoms. The van der Waals surface area contributed by atoms with Crippen LogP contribution in [0.3, 0.4) is 0 Å². The molecule has 198 valence electrons. The number of aliphatic hydroxyl groups excluding tert-OH is 1. The lowest BCUT2D eigenvalue weighted by Gasteiger charge is -2.19. The minimum absolute atomic E-state index is 0.154. The minimum Gasteiger partial charge on any atom is -0.508 e. The van der Waals surface area contributed by atoms with Crippen LogP contribution in [0.2, 0.25) is 0 Å². The summed E-state index contributed by atoms with van der Waals surface area (Å²) in [5, 5.41) is 9.10. The molecule has 0 aromatic carbocycles. The zero-order valence-corrected chi connectivity index (χ0v) is 21.3. The second-order valence-corrected chi connectivity index (χ2v) is 7.49. The minimum atomic E-state index is -4.67. The highest BCUT2D eigenvalue weighted by molar-refractivity contribution is 5.99. The number of hydrogen-bond acceptors (Lipinski definition) is 3. The van der Waals surface area contributed by atoms with Gasteiger partial charge >= 0.3 is 12.4 Å². The Morgan fingerprint density at radius 1 is 1.06 bits per heavy atom. The van der Waals surface area contributed by atoms with E-state index in [9.17, 15) is 26.3 Å². The smallest absolute Gasteiger partial charge is 0.433 e. The average Bonchev–Trinajstić information content (AvgIpc) is 2.80. The number of nitrogens with zero attached hydrogens (tertiary/aromatic N) is 2. The van der Waals surface area contributed by atoms with E-state index in [4.69, 9.17) is 5.11 Å². The molecule has 0 radical (unpaired) electrons. The summed E-state index contributed by atoms with van der Waals surface area (Å²) in [6, 6.07) is 3.20. The van der Waals surface area contributed by atoms with E-state index >= 15 is 0 Å². The van der Waals surface area contributed by atoms with E-state index < -0.39 is 35.0 Å². The van der Waals surface area contributed by atoms with E-state index in [1.807, 2.05) is 6.92 Å². The average molecular weight is 515 g/mol. The molecule has 0 bridgehead atoms. The van der Waals surface area contributed by atoms with Crippen LogP contribution in [0.15, 0.2) is 100 Å². The van der Waals surface area contributed by atoms with Crippen LogP contribution in [-0.4, -0.2) is 28.2 Å². The molecule has 0 unspecified atom stereocenters. The summed E-state index contributed by atoms with van der Waals surface area (Å²) < 4.78 is 77.4. The molecule has 0 amide bonds. The number of rotatable bonds is 7. The maximum atomic E-state index is 12.9. The predicted molar refractivity (Wildman–Crippen MR) is 134 cm³/mol. The first-order valence-electron chi connectivity index (χ1n) is 10.9. The molecule has 0 saturated heterocycles. The number of aliphatic imine (C=N–C) groups is 1. The normalized spacial score (nSPS) is 14.8. The summed E-state index contributed by atoms with van der Waals surface area (Å²) >= 11 is 0. The molecule has 1 N–H and O–H groups in total. The Morgan fingerprint density at radius 3 is 1.97 bits per heavy atom. The van der Waals surface area contributed by atoms with Gasteiger partial charge in [-0.2, -0.15) is 26.3 Å². The monoisotopic (exact) mass is 514 g/mol. The van der Waals surface area contributed by atoms with Crippen LogP contribution < -0.4 is 0 Å². The van der Waals surface area contributed by atoms with Crippen molar-refractivity contribution in [1.82, 2.24) is 4.98 Å². The quantitative estimate of drug-likeness (QED) is 0.171. The third-order valence-electron chi connectivity index (χ3n) is 5.03. The molecule has 0 aliphatic rings. The number of halogens is 6. The summed E-state index contributed by atoms with van der Waals surface area (Å²) in [6.07, 6.45) is -1.22. The standard InChI is InChI=1S/C14H19F3.C13H13F3N2O/c1-6-10(5)13(11(7-2)8-3)12(9-4)14(15,16)17;1-8(10(3)19)12(13(14,15)16)18-9(2)11-5-4-6-17-7-11/h6-7,9H,1,8H2,2-5H3;4-7,19H,3H2,1-2H3/b11-7-,12-9+,13-10-;12-8+,18-9?. The van der Waals surface area contributed by atoms with E-state index in [0.29, 0.717) is 23.1 Å². The van der Waals surface area contributed by atoms with Gasteiger partial charge in [-0.1, -0.05) is 44.4 Å². The fourth-order valence-corrected chi connectivity index (χ4v) is 3.02. The molecular weight excluding hydrogens is 482 g/mol. The van der Waals surface area contributed by atoms with Crippen molar-refractivity contribution < 1.29 is 31.4 Å². The first-order valence-corrected chi connectivity index (χ1v) is 10.9. The van der Waals surface area contributed by atoms with E-state index in [1.165, 1.54) is 32.3 Å². The lowest BCUT2D eigenvalue weighted by atomic mass is 9.91. The van der Waals surface area contributed by atoms with Gasteiger partial charge in [0.2, 0.25) is 0 Å². The molecule has 0 atom stereocenters. The first kappa shape index (κ1) is 32.6. The predicted octanol–water partition coefficient (Wildman–Crippen LogP) is 9.15. The molecule has 0 saturated carbocycles. The molecule has 0 fully saturated rings. The van der Waals surface area contributed by atoms with Gasteiger partial charge < -0.3 is 5.11 Å². The van der Waals surface area contributed by atoms with Crippen LogP contribution in [0.5, 0.6) is 0 Å². The van der Waals surface area contributed by atoms with Crippen molar-refractivity contribution in [3.8, 4) is 0 Å². The summed E-state index contributed by atoms with van der Waals surface area (Å²) in [4.78, 5) is 7.36. The highest BCUT2D eigenvalue weighted by Gasteiger charge is 2.37. The van der Waals surface area contributed by atoms with Crippen LogP contribution in [0.4, 0.5) is 26.3 Å². The maximum absolute atomic E-state index is 12.9. The zero-order valence-electron chi connectivity index (χ0n) is 21.3. The van der Waals surface area contributed by atoms with Crippen molar-refractivity contribution in [2.45, 2.75) is 60.3 Å². The van der Waals surface area contributed by atoms with Crippen molar-refractivity contribution in [1.29, 1.82) is 0 Å². The summed E-state index contributed by atoms with van der Waals surface area (Å²) in [5.74, 6) is -0.657. The van der Waals surface area contributed by atoms with E-state index in [1.54, 1.807) is 32.1 Å². The number of aliphatic hydroxyl groups is 1. The van der Waals surface area contributed by atoms with E-state index in [-0.39, 0.29) is 11.3 Å². The zero-order chi connectivity index (χ0) is 28.3. The number of pyridine rings is 1. The van der Waals surface area contributed by atoms with Gasteiger partial charge in [-0.05, 0) is 63.8 Å². The van der Waals surface area contributed by atoms with Gasteiger partial charge in [-0.25, -0.2) is 4.99 Å². The molecule has 1 aromatic heterocycles. The Hall–Kier alpha value is -3.36. The number of aromatic nitrogens is 1. The Bertz CT molecular complexity index is 1070. The lowest BCUT2D eigenvalue weighted by molar-refractivity contribution is -0.0934. The van der Waals surface area contributed by atoms with Gasteiger partial charge in [-0.3, -0.25) is 4.98 Å². The number of allylic oxidation sites excluding steroid dienone is 9. The molecule has 9 heteroatoms. The maximum Gasteiger partial charge on any atom is 0.433 e. The van der Waals surface area contributed by atoms with Gasteiger partial charge in [-0.15, -0.1) is 0 Å². The highest BCUT2D eigenvalue weighted by atomic mass is 19.4. The summed E-state index contributed by atoms with van der Waals surface area (Å²) in [6.45, 7) is 15.8. The Labute approximate surface area is 208 Å². The molecule has 1 aromatic rings. The molecule has 0 aliphatic carbocycles. The largest absolute Gasteiger partial charge is 0.508 e. The number of hydrogen-bond donors (Lipinski definition) is 1. The van der Waals surface area contributed by atoms with Gasteiger partial charge in [0, 0.05) is 29.2 Å². The van der Waals surface area contributed by atoms with Crippen molar-refractivity contribution in [2.24, 2.45) is 4.99 Å². The summed E-state index contributed by atoms with van der Waals surface area (Å²) in [7, 11) is 0. The van der Waals surface area contributed by atoms with Crippen molar-refractivity contribution in [2.75, 3.05) is 0 Å². The third-order valence-corrected chi connectivity index (χ3v) is 5.03. The fourth-order valence-electron chi connectivity index (χ4n) is 3.02. The highest BCUT2D eigenvalue weighted by Crippen LogP contribution is 2.37. The molecule has 3 nitrogen and oxygen atoms in total. The molecule has 36 heavy (non-hydrogen) atoms. The summed E-state index contributed by atoms with van der Waals surface area (Å²) in [5.41, 5.74) is -0.0539. The van der Waals surface area contributed by atoms with Crippen LogP contribution in [0.25, 0.3) is 0 Å².